The number of aryl methyl sites for hydroxylation is 2. The van der Waals surface area contributed by atoms with Gasteiger partial charge in [0, 0.05) is 38.2 Å². The number of rotatable bonds is 6. The van der Waals surface area contributed by atoms with Crippen LogP contribution in [0.25, 0.3) is 0 Å². The standard InChI is InChI=1S/C23H26N4O3/c1-16-6-3-7-18(12-16)15-26-9-5-10-27-21(23(26)29)14-20(25-27)22(28)24-17(2)13-19-8-4-11-30-19/h3-4,6-8,11-12,14,17H,5,9-10,13,15H2,1-2H3,(H,24,28)/t17-/m1/s1. The smallest absolute Gasteiger partial charge is 0.272 e. The summed E-state index contributed by atoms with van der Waals surface area (Å²) in [7, 11) is 0. The molecule has 0 radical (unpaired) electrons. The molecule has 0 spiro atoms. The zero-order chi connectivity index (χ0) is 21.1. The van der Waals surface area contributed by atoms with Crippen molar-refractivity contribution in [1.29, 1.82) is 0 Å². The first-order chi connectivity index (χ1) is 14.5. The van der Waals surface area contributed by atoms with Gasteiger partial charge in [0.05, 0.1) is 6.26 Å². The number of carbonyl (C=O) groups is 2. The van der Waals surface area contributed by atoms with E-state index in [0.29, 0.717) is 31.7 Å². The number of hydrogen-bond donors (Lipinski definition) is 1. The summed E-state index contributed by atoms with van der Waals surface area (Å²) in [5, 5.41) is 7.33. The normalized spacial score (nSPS) is 14.9. The second kappa shape index (κ2) is 8.57. The highest BCUT2D eigenvalue weighted by Crippen LogP contribution is 2.17. The van der Waals surface area contributed by atoms with Gasteiger partial charge in [0.25, 0.3) is 11.8 Å². The topological polar surface area (TPSA) is 80.4 Å². The molecule has 1 aliphatic heterocycles. The highest BCUT2D eigenvalue weighted by molar-refractivity contribution is 5.98. The minimum atomic E-state index is -0.285. The van der Waals surface area contributed by atoms with Crippen LogP contribution in [0.2, 0.25) is 0 Å². The summed E-state index contributed by atoms with van der Waals surface area (Å²) in [5.41, 5.74) is 2.99. The van der Waals surface area contributed by atoms with Crippen molar-refractivity contribution < 1.29 is 14.0 Å². The van der Waals surface area contributed by atoms with Crippen molar-refractivity contribution in [1.82, 2.24) is 20.0 Å². The van der Waals surface area contributed by atoms with E-state index in [1.54, 1.807) is 17.0 Å². The Balaban J connectivity index is 1.46. The molecule has 7 heteroatoms. The molecular formula is C23H26N4O3. The summed E-state index contributed by atoms with van der Waals surface area (Å²) in [6.07, 6.45) is 3.00. The fourth-order valence-corrected chi connectivity index (χ4v) is 3.81. The number of carbonyl (C=O) groups excluding carboxylic acids is 2. The number of hydrogen-bond acceptors (Lipinski definition) is 4. The lowest BCUT2D eigenvalue weighted by Crippen LogP contribution is -2.34. The minimum Gasteiger partial charge on any atom is -0.469 e. The van der Waals surface area contributed by atoms with E-state index >= 15 is 0 Å². The van der Waals surface area contributed by atoms with E-state index in [1.807, 2.05) is 49.1 Å². The molecule has 30 heavy (non-hydrogen) atoms. The largest absolute Gasteiger partial charge is 0.469 e. The quantitative estimate of drug-likeness (QED) is 0.682. The summed E-state index contributed by atoms with van der Waals surface area (Å²) in [4.78, 5) is 27.6. The maximum absolute atomic E-state index is 13.1. The average Bonchev–Trinajstić information content (AvgIpc) is 3.34. The highest BCUT2D eigenvalue weighted by Gasteiger charge is 2.26. The number of furan rings is 1. The van der Waals surface area contributed by atoms with Crippen LogP contribution in [0.3, 0.4) is 0 Å². The lowest BCUT2D eigenvalue weighted by atomic mass is 10.1. The van der Waals surface area contributed by atoms with E-state index in [9.17, 15) is 9.59 Å². The Morgan fingerprint density at radius 1 is 1.23 bits per heavy atom. The lowest BCUT2D eigenvalue weighted by molar-refractivity contribution is 0.0745. The molecule has 1 N–H and O–H groups in total. The van der Waals surface area contributed by atoms with Gasteiger partial charge in [-0.05, 0) is 38.0 Å². The summed E-state index contributed by atoms with van der Waals surface area (Å²) >= 11 is 0. The van der Waals surface area contributed by atoms with Crippen LogP contribution in [0.5, 0.6) is 0 Å². The molecule has 0 unspecified atom stereocenters. The SMILES string of the molecule is Cc1cccc(CN2CCCn3nc(C(=O)N[C@H](C)Cc4ccco4)cc3C2=O)c1. The van der Waals surface area contributed by atoms with Crippen molar-refractivity contribution in [3.8, 4) is 0 Å². The Hall–Kier alpha value is -3.35. The van der Waals surface area contributed by atoms with Gasteiger partial charge < -0.3 is 14.6 Å². The number of aromatic nitrogens is 2. The van der Waals surface area contributed by atoms with Crippen molar-refractivity contribution in [3.63, 3.8) is 0 Å². The van der Waals surface area contributed by atoms with E-state index in [4.69, 9.17) is 4.42 Å². The molecule has 3 heterocycles. The molecule has 0 saturated heterocycles. The van der Waals surface area contributed by atoms with Crippen LogP contribution in [0.1, 0.15) is 51.2 Å². The molecule has 0 saturated carbocycles. The number of nitrogens with one attached hydrogen (secondary N) is 1. The van der Waals surface area contributed by atoms with Crippen LogP contribution < -0.4 is 5.32 Å². The van der Waals surface area contributed by atoms with E-state index in [2.05, 4.69) is 16.5 Å². The number of benzene rings is 1. The number of fused-ring (bicyclic) bond motifs is 1. The molecule has 3 aromatic rings. The van der Waals surface area contributed by atoms with E-state index < -0.39 is 0 Å². The Bertz CT molecular complexity index is 1040. The zero-order valence-corrected chi connectivity index (χ0v) is 17.3. The predicted octanol–water partition coefficient (Wildman–Crippen LogP) is 3.19. The van der Waals surface area contributed by atoms with Crippen LogP contribution in [-0.2, 0) is 19.5 Å². The van der Waals surface area contributed by atoms with Crippen LogP contribution in [0.4, 0.5) is 0 Å². The molecule has 1 aliphatic rings. The lowest BCUT2D eigenvalue weighted by Gasteiger charge is -2.20. The summed E-state index contributed by atoms with van der Waals surface area (Å²) in [5.74, 6) is 0.433. The first-order valence-corrected chi connectivity index (χ1v) is 10.3. The van der Waals surface area contributed by atoms with Gasteiger partial charge in [-0.1, -0.05) is 29.8 Å². The van der Waals surface area contributed by atoms with Crippen molar-refractivity contribution in [2.24, 2.45) is 0 Å². The maximum Gasteiger partial charge on any atom is 0.272 e. The molecule has 0 fully saturated rings. The van der Waals surface area contributed by atoms with Gasteiger partial charge in [-0.15, -0.1) is 0 Å². The van der Waals surface area contributed by atoms with E-state index in [1.165, 1.54) is 5.56 Å². The minimum absolute atomic E-state index is 0.0933. The number of amides is 2. The van der Waals surface area contributed by atoms with Gasteiger partial charge in [0.2, 0.25) is 0 Å². The van der Waals surface area contributed by atoms with Crippen molar-refractivity contribution in [2.75, 3.05) is 6.54 Å². The predicted molar refractivity (Wildman–Crippen MR) is 112 cm³/mol. The third-order valence-electron chi connectivity index (χ3n) is 5.24. The molecule has 1 aromatic carbocycles. The molecule has 156 valence electrons. The fourth-order valence-electron chi connectivity index (χ4n) is 3.81. The van der Waals surface area contributed by atoms with Gasteiger partial charge in [-0.3, -0.25) is 14.3 Å². The first-order valence-electron chi connectivity index (χ1n) is 10.3. The summed E-state index contributed by atoms with van der Waals surface area (Å²) < 4.78 is 6.99. The van der Waals surface area contributed by atoms with Gasteiger partial charge in [0.15, 0.2) is 5.69 Å². The van der Waals surface area contributed by atoms with E-state index in [-0.39, 0.29) is 23.6 Å². The molecule has 7 nitrogen and oxygen atoms in total. The van der Waals surface area contributed by atoms with Gasteiger partial charge >= 0.3 is 0 Å². The fraction of sp³-hybridized carbons (Fsp3) is 0.348. The molecule has 0 bridgehead atoms. The van der Waals surface area contributed by atoms with Gasteiger partial charge in [-0.25, -0.2) is 0 Å². The van der Waals surface area contributed by atoms with Crippen LogP contribution in [-0.4, -0.2) is 39.1 Å². The van der Waals surface area contributed by atoms with Crippen molar-refractivity contribution in [2.45, 2.75) is 45.8 Å². The average molecular weight is 406 g/mol. The monoisotopic (exact) mass is 406 g/mol. The molecular weight excluding hydrogens is 380 g/mol. The molecule has 2 amide bonds. The number of nitrogens with zero attached hydrogens (tertiary/aromatic N) is 3. The molecule has 0 aliphatic carbocycles. The molecule has 2 aromatic heterocycles. The Morgan fingerprint density at radius 3 is 2.87 bits per heavy atom. The summed E-state index contributed by atoms with van der Waals surface area (Å²) in [6, 6.07) is 13.4. The third-order valence-corrected chi connectivity index (χ3v) is 5.24. The Labute approximate surface area is 175 Å². The molecule has 4 rings (SSSR count). The summed E-state index contributed by atoms with van der Waals surface area (Å²) in [6.45, 7) is 5.78. The second-order valence-electron chi connectivity index (χ2n) is 7.87. The van der Waals surface area contributed by atoms with Crippen LogP contribution >= 0.6 is 0 Å². The van der Waals surface area contributed by atoms with Crippen LogP contribution in [0.15, 0.2) is 53.1 Å². The second-order valence-corrected chi connectivity index (χ2v) is 7.87. The highest BCUT2D eigenvalue weighted by atomic mass is 16.3. The Morgan fingerprint density at radius 2 is 2.10 bits per heavy atom. The molecule has 1 atom stereocenters. The van der Waals surface area contributed by atoms with E-state index in [0.717, 1.165) is 17.7 Å². The van der Waals surface area contributed by atoms with Crippen molar-refractivity contribution >= 4 is 11.8 Å². The zero-order valence-electron chi connectivity index (χ0n) is 17.3. The van der Waals surface area contributed by atoms with Gasteiger partial charge in [0.1, 0.15) is 11.5 Å². The third kappa shape index (κ3) is 4.45. The van der Waals surface area contributed by atoms with Crippen molar-refractivity contribution in [3.05, 3.63) is 77.0 Å². The first kappa shape index (κ1) is 19.9. The van der Waals surface area contributed by atoms with Gasteiger partial charge in [-0.2, -0.15) is 5.10 Å². The Kier molecular flexibility index (Phi) is 5.70. The maximum atomic E-state index is 13.1. The van der Waals surface area contributed by atoms with Crippen LogP contribution in [0, 0.1) is 6.92 Å².